The van der Waals surface area contributed by atoms with Gasteiger partial charge >= 0.3 is 29.8 Å². The number of epoxide rings is 1. The Morgan fingerprint density at radius 3 is 2.19 bits per heavy atom. The van der Waals surface area contributed by atoms with Gasteiger partial charge < -0.3 is 28.4 Å². The van der Waals surface area contributed by atoms with Crippen LogP contribution in [0.25, 0.3) is 0 Å². The van der Waals surface area contributed by atoms with Crippen molar-refractivity contribution in [3.05, 3.63) is 23.3 Å². The Bertz CT molecular complexity index is 1220. The Morgan fingerprint density at radius 1 is 0.952 bits per heavy atom. The van der Waals surface area contributed by atoms with Crippen molar-refractivity contribution in [3.8, 4) is 0 Å². The van der Waals surface area contributed by atoms with Crippen LogP contribution in [0.5, 0.6) is 0 Å². The normalized spacial score (nSPS) is 38.7. The fourth-order valence-corrected chi connectivity index (χ4v) is 7.17. The highest BCUT2D eigenvalue weighted by Gasteiger charge is 2.87. The van der Waals surface area contributed by atoms with Gasteiger partial charge in [0.2, 0.25) is 0 Å². The molecule has 0 N–H and O–H groups in total. The van der Waals surface area contributed by atoms with E-state index in [1.54, 1.807) is 33.8 Å². The Kier molecular flexibility index (Phi) is 8.66. The highest BCUT2D eigenvalue weighted by atomic mass is 16.7. The molecule has 0 radical (unpaired) electrons. The van der Waals surface area contributed by atoms with E-state index < -0.39 is 82.9 Å². The summed E-state index contributed by atoms with van der Waals surface area (Å²) in [5.41, 5.74) is -2.71. The quantitative estimate of drug-likeness (QED) is 0.185. The molecule has 9 atom stereocenters. The van der Waals surface area contributed by atoms with Crippen LogP contribution in [0.1, 0.15) is 87.5 Å². The summed E-state index contributed by atoms with van der Waals surface area (Å²) in [4.78, 5) is 64.3. The van der Waals surface area contributed by atoms with E-state index in [0.29, 0.717) is 12.0 Å². The molecule has 2 saturated heterocycles. The maximum atomic E-state index is 13.2. The molecule has 4 rings (SSSR count). The molecule has 9 unspecified atom stereocenters. The van der Waals surface area contributed by atoms with Crippen molar-refractivity contribution in [2.45, 2.75) is 129 Å². The third-order valence-corrected chi connectivity index (χ3v) is 9.15. The van der Waals surface area contributed by atoms with Crippen molar-refractivity contribution in [2.24, 2.45) is 11.3 Å². The molecule has 0 saturated carbocycles. The molecule has 2 heterocycles. The van der Waals surface area contributed by atoms with Gasteiger partial charge in [0.15, 0.2) is 17.3 Å². The zero-order valence-corrected chi connectivity index (χ0v) is 25.6. The first-order valence-electron chi connectivity index (χ1n) is 14.6. The van der Waals surface area contributed by atoms with E-state index in [4.69, 9.17) is 28.4 Å². The van der Waals surface area contributed by atoms with Gasteiger partial charge in [-0.05, 0) is 33.3 Å². The van der Waals surface area contributed by atoms with Crippen molar-refractivity contribution in [3.63, 3.8) is 0 Å². The van der Waals surface area contributed by atoms with E-state index in [1.807, 2.05) is 19.9 Å². The molecule has 1 spiro atoms. The molecule has 0 bridgehead atoms. The van der Waals surface area contributed by atoms with Crippen LogP contribution in [0.15, 0.2) is 23.3 Å². The molecular weight excluding hydrogens is 548 g/mol. The number of ether oxygens (including phenoxy) is 6. The molecule has 2 aliphatic carbocycles. The Morgan fingerprint density at radius 2 is 1.62 bits per heavy atom. The lowest BCUT2D eigenvalue weighted by Crippen LogP contribution is -2.64. The van der Waals surface area contributed by atoms with Crippen LogP contribution in [0.4, 0.5) is 0 Å². The molecule has 0 aromatic heterocycles. The molecule has 42 heavy (non-hydrogen) atoms. The van der Waals surface area contributed by atoms with Crippen LogP contribution in [-0.2, 0) is 52.4 Å². The van der Waals surface area contributed by atoms with Gasteiger partial charge in [-0.25, -0.2) is 4.79 Å². The molecule has 2 aliphatic heterocycles. The van der Waals surface area contributed by atoms with Gasteiger partial charge in [-0.1, -0.05) is 38.0 Å². The Hall–Kier alpha value is -3.21. The average Bonchev–Trinajstić information content (AvgIpc) is 3.48. The first kappa shape index (κ1) is 31.7. The van der Waals surface area contributed by atoms with Crippen LogP contribution < -0.4 is 0 Å². The lowest BCUT2D eigenvalue weighted by molar-refractivity contribution is -0.215. The van der Waals surface area contributed by atoms with E-state index in [2.05, 4.69) is 0 Å². The standard InChI is InChI=1S/C31H42O11/c1-9-11-24(35)39-20-14-16(3)15-22-31(30(8,42-31)28(36)40-22)27(38-19(6)33)25-17(4)12-13-21(37-18(5)32)29(25,7)26(20)41-23(34)10-2/h12,15,20-22,25-27H,9-11,13-14H2,1-8H3. The molecular formula is C31H42O11. The SMILES string of the molecule is CCCC(=O)OC1CC(C)=CC2OC(=O)C3(C)OC23C(OC(C)=O)C2C(C)=CCC(OC(C)=O)C2(C)C1OC(=O)CC. The van der Waals surface area contributed by atoms with Crippen LogP contribution in [0.3, 0.4) is 0 Å². The summed E-state index contributed by atoms with van der Waals surface area (Å²) in [5, 5.41) is 0. The number of rotatable bonds is 7. The van der Waals surface area contributed by atoms with Gasteiger partial charge in [0.25, 0.3) is 0 Å². The van der Waals surface area contributed by atoms with Crippen LogP contribution >= 0.6 is 0 Å². The van der Waals surface area contributed by atoms with E-state index >= 15 is 0 Å². The molecule has 0 aromatic carbocycles. The van der Waals surface area contributed by atoms with Gasteiger partial charge in [0.1, 0.15) is 24.4 Å². The second-order valence-electron chi connectivity index (χ2n) is 12.2. The minimum absolute atomic E-state index is 0.0393. The number of carbonyl (C=O) groups excluding carboxylic acids is 5. The lowest BCUT2D eigenvalue weighted by Gasteiger charge is -2.54. The van der Waals surface area contributed by atoms with E-state index in [-0.39, 0.29) is 25.7 Å². The molecule has 232 valence electrons. The number of carbonyl (C=O) groups is 5. The molecule has 11 heteroatoms. The Balaban J connectivity index is 2.04. The second-order valence-corrected chi connectivity index (χ2v) is 12.2. The zero-order chi connectivity index (χ0) is 31.2. The number of hydrogen-bond donors (Lipinski definition) is 0. The van der Waals surface area contributed by atoms with E-state index in [0.717, 1.165) is 5.57 Å². The van der Waals surface area contributed by atoms with Gasteiger partial charge in [0, 0.05) is 45.4 Å². The summed E-state index contributed by atoms with van der Waals surface area (Å²) in [6.07, 6.45) is -0.349. The predicted octanol–water partition coefficient (Wildman–Crippen LogP) is 3.66. The lowest BCUT2D eigenvalue weighted by atomic mass is 9.56. The largest absolute Gasteiger partial charge is 0.461 e. The Labute approximate surface area is 246 Å². The van der Waals surface area contributed by atoms with E-state index in [9.17, 15) is 24.0 Å². The van der Waals surface area contributed by atoms with Crippen LogP contribution in [-0.4, -0.2) is 71.6 Å². The summed E-state index contributed by atoms with van der Waals surface area (Å²) in [6, 6.07) is 0. The summed E-state index contributed by atoms with van der Waals surface area (Å²) in [7, 11) is 0. The van der Waals surface area contributed by atoms with Crippen LogP contribution in [0.2, 0.25) is 0 Å². The highest BCUT2D eigenvalue weighted by Crippen LogP contribution is 2.65. The van der Waals surface area contributed by atoms with Crippen molar-refractivity contribution >= 4 is 29.8 Å². The first-order valence-corrected chi connectivity index (χ1v) is 14.6. The number of fused-ring (bicyclic) bond motifs is 1. The molecule has 0 aromatic rings. The maximum Gasteiger partial charge on any atom is 0.342 e. The topological polar surface area (TPSA) is 144 Å². The van der Waals surface area contributed by atoms with Gasteiger partial charge in [0.05, 0.1) is 5.41 Å². The summed E-state index contributed by atoms with van der Waals surface area (Å²) >= 11 is 0. The van der Waals surface area contributed by atoms with E-state index in [1.165, 1.54) is 13.8 Å². The zero-order valence-electron chi connectivity index (χ0n) is 25.6. The number of hydrogen-bond acceptors (Lipinski definition) is 11. The van der Waals surface area contributed by atoms with Crippen molar-refractivity contribution in [2.75, 3.05) is 0 Å². The second kappa shape index (κ2) is 11.5. The van der Waals surface area contributed by atoms with Crippen molar-refractivity contribution < 1.29 is 52.4 Å². The summed E-state index contributed by atoms with van der Waals surface area (Å²) < 4.78 is 36.2. The summed E-state index contributed by atoms with van der Waals surface area (Å²) in [6.45, 7) is 13.1. The fraction of sp³-hybridized carbons (Fsp3) is 0.710. The van der Waals surface area contributed by atoms with Crippen LogP contribution in [0, 0.1) is 11.3 Å². The van der Waals surface area contributed by atoms with Crippen molar-refractivity contribution in [1.82, 2.24) is 0 Å². The monoisotopic (exact) mass is 590 g/mol. The fourth-order valence-electron chi connectivity index (χ4n) is 7.17. The maximum absolute atomic E-state index is 13.2. The summed E-state index contributed by atoms with van der Waals surface area (Å²) in [5.74, 6) is -3.61. The number of esters is 5. The third kappa shape index (κ3) is 5.14. The highest BCUT2D eigenvalue weighted by molar-refractivity contribution is 5.89. The molecule has 11 nitrogen and oxygen atoms in total. The average molecular weight is 591 g/mol. The molecule has 4 aliphatic rings. The predicted molar refractivity (Wildman–Crippen MR) is 147 cm³/mol. The molecule has 0 amide bonds. The minimum Gasteiger partial charge on any atom is -0.461 e. The molecule has 2 fully saturated rings. The smallest absolute Gasteiger partial charge is 0.342 e. The first-order chi connectivity index (χ1) is 19.6. The van der Waals surface area contributed by atoms with Crippen molar-refractivity contribution in [1.29, 1.82) is 0 Å². The van der Waals surface area contributed by atoms with Gasteiger partial charge in [-0.2, -0.15) is 0 Å². The van der Waals surface area contributed by atoms with Gasteiger partial charge in [-0.15, -0.1) is 0 Å². The van der Waals surface area contributed by atoms with Gasteiger partial charge in [-0.3, -0.25) is 19.2 Å². The minimum atomic E-state index is -1.41. The third-order valence-electron chi connectivity index (χ3n) is 9.15.